The van der Waals surface area contributed by atoms with Gasteiger partial charge < -0.3 is 0 Å². The van der Waals surface area contributed by atoms with Crippen molar-refractivity contribution in [3.63, 3.8) is 0 Å². The normalized spacial score (nSPS) is 10.4. The lowest BCUT2D eigenvalue weighted by molar-refractivity contribution is 0.605. The molecule has 1 aromatic rings. The van der Waals surface area contributed by atoms with Crippen molar-refractivity contribution in [3.8, 4) is 0 Å². The molecule has 0 aromatic heterocycles. The summed E-state index contributed by atoms with van der Waals surface area (Å²) in [5.41, 5.74) is 0.683. The first-order valence-electron chi connectivity index (χ1n) is 3.29. The summed E-state index contributed by atoms with van der Waals surface area (Å²) >= 11 is 0. The van der Waals surface area contributed by atoms with Crippen LogP contribution in [0.3, 0.4) is 0 Å². The molecule has 1 radical (unpaired) electrons. The molecule has 1 unspecified atom stereocenters. The predicted octanol–water partition coefficient (Wildman–Crippen LogP) is 2.76. The van der Waals surface area contributed by atoms with Crippen molar-refractivity contribution < 1.29 is 4.39 Å². The third-order valence-corrected chi connectivity index (χ3v) is 1.44. The summed E-state index contributed by atoms with van der Waals surface area (Å²) in [6, 6.07) is 6.71. The summed E-state index contributed by atoms with van der Waals surface area (Å²) in [7, 11) is 0. The lowest BCUT2D eigenvalue weighted by Gasteiger charge is -2.04. The highest BCUT2D eigenvalue weighted by atomic mass is 19.1. The maximum Gasteiger partial charge on any atom is 0.126 e. The van der Waals surface area contributed by atoms with Gasteiger partial charge in [-0.15, -0.1) is 0 Å². The molecule has 0 N–H and O–H groups in total. The van der Waals surface area contributed by atoms with E-state index in [1.165, 1.54) is 6.07 Å². The molecule has 0 saturated heterocycles. The first-order valence-corrected chi connectivity index (χ1v) is 3.29. The van der Waals surface area contributed by atoms with Crippen molar-refractivity contribution in [1.29, 1.82) is 0 Å². The maximum absolute atomic E-state index is 12.8. The van der Waals surface area contributed by atoms with Crippen molar-refractivity contribution in [3.05, 3.63) is 42.6 Å². The molecule has 0 aliphatic carbocycles. The highest BCUT2D eigenvalue weighted by Gasteiger charge is 2.02. The van der Waals surface area contributed by atoms with Gasteiger partial charge >= 0.3 is 0 Å². The number of hydrogen-bond donors (Lipinski definition) is 0. The van der Waals surface area contributed by atoms with Gasteiger partial charge in [-0.2, -0.15) is 0 Å². The van der Waals surface area contributed by atoms with E-state index < -0.39 is 0 Å². The van der Waals surface area contributed by atoms with E-state index >= 15 is 0 Å². The Balaban J connectivity index is 3.03. The Labute approximate surface area is 60.7 Å². The molecular weight excluding hydrogens is 127 g/mol. The molecule has 1 atom stereocenters. The third kappa shape index (κ3) is 1.35. The highest BCUT2D eigenvalue weighted by molar-refractivity contribution is 5.21. The van der Waals surface area contributed by atoms with Gasteiger partial charge in [0.25, 0.3) is 0 Å². The number of rotatable bonds is 1. The third-order valence-electron chi connectivity index (χ3n) is 1.44. The van der Waals surface area contributed by atoms with E-state index in [4.69, 9.17) is 0 Å². The number of halogens is 1. The number of hydrogen-bond acceptors (Lipinski definition) is 0. The first-order chi connectivity index (χ1) is 4.72. The minimum absolute atomic E-state index is 0.0289. The van der Waals surface area contributed by atoms with Crippen molar-refractivity contribution >= 4 is 0 Å². The van der Waals surface area contributed by atoms with Gasteiger partial charge in [-0.05, 0) is 24.5 Å². The van der Waals surface area contributed by atoms with Crippen LogP contribution in [0.15, 0.2) is 24.3 Å². The lowest BCUT2D eigenvalue weighted by Crippen LogP contribution is -1.90. The first kappa shape index (κ1) is 7.26. The second-order valence-corrected chi connectivity index (χ2v) is 2.42. The molecule has 0 aliphatic rings. The summed E-state index contributed by atoms with van der Waals surface area (Å²) in [6.07, 6.45) is 0. The van der Waals surface area contributed by atoms with E-state index in [1.807, 2.05) is 13.0 Å². The molecule has 0 aliphatic heterocycles. The molecule has 0 heterocycles. The summed E-state index contributed by atoms with van der Waals surface area (Å²) in [4.78, 5) is 0. The second-order valence-electron chi connectivity index (χ2n) is 2.42. The van der Waals surface area contributed by atoms with Gasteiger partial charge in [0.2, 0.25) is 0 Å². The Bertz CT molecular complexity index is 216. The molecule has 10 heavy (non-hydrogen) atoms. The smallest absolute Gasteiger partial charge is 0.126 e. The van der Waals surface area contributed by atoms with Gasteiger partial charge in [-0.1, -0.05) is 25.1 Å². The summed E-state index contributed by atoms with van der Waals surface area (Å²) in [6.45, 7) is 5.60. The molecule has 53 valence electrons. The van der Waals surface area contributed by atoms with Gasteiger partial charge in [0, 0.05) is 0 Å². The highest BCUT2D eigenvalue weighted by Crippen LogP contribution is 2.16. The van der Waals surface area contributed by atoms with E-state index in [-0.39, 0.29) is 11.7 Å². The largest absolute Gasteiger partial charge is 0.207 e. The van der Waals surface area contributed by atoms with Gasteiger partial charge in [0.05, 0.1) is 0 Å². The monoisotopic (exact) mass is 137 g/mol. The van der Waals surface area contributed by atoms with E-state index in [2.05, 4.69) is 6.92 Å². The van der Waals surface area contributed by atoms with Crippen molar-refractivity contribution in [1.82, 2.24) is 0 Å². The quantitative estimate of drug-likeness (QED) is 0.558. The average Bonchev–Trinajstić information content (AvgIpc) is 1.88. The molecule has 1 rings (SSSR count). The van der Waals surface area contributed by atoms with E-state index in [9.17, 15) is 4.39 Å². The standard InChI is InChI=1S/C9H10F/c1-7(2)8-5-3-4-6-9(8)10/h3-7H,1H2,2H3. The van der Waals surface area contributed by atoms with Crippen LogP contribution >= 0.6 is 0 Å². The minimum atomic E-state index is -0.162. The van der Waals surface area contributed by atoms with Crippen LogP contribution in [-0.4, -0.2) is 0 Å². The van der Waals surface area contributed by atoms with Crippen LogP contribution in [0.1, 0.15) is 18.4 Å². The van der Waals surface area contributed by atoms with Crippen LogP contribution in [0.5, 0.6) is 0 Å². The molecule has 0 bridgehead atoms. The van der Waals surface area contributed by atoms with Gasteiger partial charge in [0.15, 0.2) is 0 Å². The lowest BCUT2D eigenvalue weighted by atomic mass is 10.0. The van der Waals surface area contributed by atoms with Crippen LogP contribution in [0.25, 0.3) is 0 Å². The minimum Gasteiger partial charge on any atom is -0.207 e. The zero-order valence-electron chi connectivity index (χ0n) is 5.97. The molecule has 1 heteroatoms. The van der Waals surface area contributed by atoms with Gasteiger partial charge in [0.1, 0.15) is 5.82 Å². The van der Waals surface area contributed by atoms with E-state index in [0.717, 1.165) is 0 Å². The fourth-order valence-electron chi connectivity index (χ4n) is 0.875. The van der Waals surface area contributed by atoms with Crippen LogP contribution in [-0.2, 0) is 0 Å². The molecule has 0 spiro atoms. The average molecular weight is 137 g/mol. The molecule has 0 saturated carbocycles. The second kappa shape index (κ2) is 2.82. The van der Waals surface area contributed by atoms with Crippen LogP contribution in [0.2, 0.25) is 0 Å². The molecule has 1 aromatic carbocycles. The zero-order valence-corrected chi connectivity index (χ0v) is 5.97. The summed E-state index contributed by atoms with van der Waals surface area (Å²) < 4.78 is 12.8. The Morgan fingerprint density at radius 2 is 2.00 bits per heavy atom. The van der Waals surface area contributed by atoms with Crippen LogP contribution < -0.4 is 0 Å². The van der Waals surface area contributed by atoms with Crippen LogP contribution in [0.4, 0.5) is 4.39 Å². The molecule has 0 nitrogen and oxygen atoms in total. The Morgan fingerprint density at radius 3 is 2.40 bits per heavy atom. The fourth-order valence-corrected chi connectivity index (χ4v) is 0.875. The van der Waals surface area contributed by atoms with Crippen molar-refractivity contribution in [2.45, 2.75) is 12.8 Å². The Kier molecular flexibility index (Phi) is 2.05. The SMILES string of the molecule is [CH2]C(C)c1ccccc1F. The summed E-state index contributed by atoms with van der Waals surface area (Å²) in [5.74, 6) is -0.133. The topological polar surface area (TPSA) is 0 Å². The molecular formula is C9H10F. The fraction of sp³-hybridized carbons (Fsp3) is 0.222. The Morgan fingerprint density at radius 1 is 1.40 bits per heavy atom. The van der Waals surface area contributed by atoms with Gasteiger partial charge in [-0.3, -0.25) is 0 Å². The summed E-state index contributed by atoms with van der Waals surface area (Å²) in [5, 5.41) is 0. The van der Waals surface area contributed by atoms with Crippen molar-refractivity contribution in [2.24, 2.45) is 0 Å². The number of benzene rings is 1. The Hall–Kier alpha value is -0.850. The van der Waals surface area contributed by atoms with Gasteiger partial charge in [-0.25, -0.2) is 4.39 Å². The van der Waals surface area contributed by atoms with E-state index in [1.54, 1.807) is 12.1 Å². The van der Waals surface area contributed by atoms with E-state index in [0.29, 0.717) is 5.56 Å². The molecule has 0 amide bonds. The van der Waals surface area contributed by atoms with Crippen LogP contribution in [0, 0.1) is 12.7 Å². The van der Waals surface area contributed by atoms with Crippen molar-refractivity contribution in [2.75, 3.05) is 0 Å². The maximum atomic E-state index is 12.8. The zero-order chi connectivity index (χ0) is 7.56. The molecule has 0 fully saturated rings. The predicted molar refractivity (Wildman–Crippen MR) is 40.2 cm³/mol.